The summed E-state index contributed by atoms with van der Waals surface area (Å²) in [6, 6.07) is 7.69. The molecule has 0 spiro atoms. The number of nitrogens with zero attached hydrogens (tertiary/aromatic N) is 1. The van der Waals surface area contributed by atoms with Gasteiger partial charge in [-0.25, -0.2) is 0 Å². The normalized spacial score (nSPS) is 10.4. The lowest BCUT2D eigenvalue weighted by atomic mass is 10.2. The summed E-state index contributed by atoms with van der Waals surface area (Å²) in [7, 11) is 0. The Balaban J connectivity index is 2.69. The quantitative estimate of drug-likeness (QED) is 0.712. The molecule has 0 amide bonds. The Bertz CT molecular complexity index is 513. The molecule has 0 aliphatic rings. The van der Waals surface area contributed by atoms with Gasteiger partial charge in [-0.3, -0.25) is 9.36 Å². The van der Waals surface area contributed by atoms with Crippen LogP contribution in [0.3, 0.4) is 0 Å². The summed E-state index contributed by atoms with van der Waals surface area (Å²) in [6.07, 6.45) is 3.06. The molecule has 1 aromatic carbocycles. The van der Waals surface area contributed by atoms with Crippen LogP contribution in [0.2, 0.25) is 0 Å². The number of benzene rings is 1. The van der Waals surface area contributed by atoms with Crippen molar-refractivity contribution in [3.8, 4) is 0 Å². The highest BCUT2D eigenvalue weighted by atomic mass is 79.9. The number of fused-ring (bicyclic) bond motifs is 1. The number of carbonyl (C=O) groups excluding carboxylic acids is 1. The van der Waals surface area contributed by atoms with Crippen LogP contribution in [0.15, 0.2) is 47.6 Å². The molecule has 0 unspecified atom stereocenters. The molecule has 70 valence electrons. The van der Waals surface area contributed by atoms with E-state index in [1.807, 2.05) is 24.3 Å². The lowest BCUT2D eigenvalue weighted by Crippen LogP contribution is -2.04. The first-order chi connectivity index (χ1) is 6.72. The maximum atomic E-state index is 11.4. The Morgan fingerprint density at radius 2 is 2.21 bits per heavy atom. The van der Waals surface area contributed by atoms with Gasteiger partial charge in [0.05, 0.1) is 5.52 Å². The lowest BCUT2D eigenvalue weighted by molar-refractivity contribution is 0.0974. The van der Waals surface area contributed by atoms with E-state index < -0.39 is 0 Å². The lowest BCUT2D eigenvalue weighted by Gasteiger charge is -1.99. The zero-order valence-electron chi connectivity index (χ0n) is 7.40. The third-order valence-electron chi connectivity index (χ3n) is 2.06. The summed E-state index contributed by atoms with van der Waals surface area (Å²) >= 11 is 3.38. The predicted molar refractivity (Wildman–Crippen MR) is 60.5 cm³/mol. The molecule has 1 heterocycles. The van der Waals surface area contributed by atoms with Gasteiger partial charge in [0.15, 0.2) is 0 Å². The second-order valence-corrected chi connectivity index (χ2v) is 3.85. The van der Waals surface area contributed by atoms with Crippen LogP contribution in [0.25, 0.3) is 10.9 Å². The van der Waals surface area contributed by atoms with Crippen molar-refractivity contribution in [1.29, 1.82) is 0 Å². The van der Waals surface area contributed by atoms with Gasteiger partial charge < -0.3 is 0 Å². The summed E-state index contributed by atoms with van der Waals surface area (Å²) in [5, 5.41) is 1.04. The molecule has 0 bridgehead atoms. The molecule has 0 atom stereocenters. The van der Waals surface area contributed by atoms with Crippen molar-refractivity contribution < 1.29 is 4.79 Å². The zero-order chi connectivity index (χ0) is 10.1. The number of carbonyl (C=O) groups is 1. The van der Waals surface area contributed by atoms with E-state index in [1.54, 1.807) is 10.8 Å². The fourth-order valence-electron chi connectivity index (χ4n) is 1.40. The van der Waals surface area contributed by atoms with Crippen molar-refractivity contribution in [3.63, 3.8) is 0 Å². The molecular formula is C11H8BrNO. The van der Waals surface area contributed by atoms with Gasteiger partial charge in [0, 0.05) is 16.1 Å². The fourth-order valence-corrected chi connectivity index (χ4v) is 1.78. The fraction of sp³-hybridized carbons (Fsp3) is 0. The largest absolute Gasteiger partial charge is 0.284 e. The minimum absolute atomic E-state index is 0.109. The molecule has 0 aliphatic carbocycles. The van der Waals surface area contributed by atoms with E-state index in [4.69, 9.17) is 0 Å². The second-order valence-electron chi connectivity index (χ2n) is 2.93. The molecule has 14 heavy (non-hydrogen) atoms. The minimum Gasteiger partial charge on any atom is -0.284 e. The van der Waals surface area contributed by atoms with E-state index >= 15 is 0 Å². The van der Waals surface area contributed by atoms with Crippen molar-refractivity contribution >= 4 is 32.7 Å². The molecule has 0 N–H and O–H groups in total. The Morgan fingerprint density at radius 3 is 2.93 bits per heavy atom. The number of halogens is 1. The van der Waals surface area contributed by atoms with Crippen LogP contribution in [-0.2, 0) is 0 Å². The van der Waals surface area contributed by atoms with Gasteiger partial charge in [-0.05, 0) is 30.3 Å². The van der Waals surface area contributed by atoms with Crippen LogP contribution in [-0.4, -0.2) is 10.5 Å². The maximum absolute atomic E-state index is 11.4. The summed E-state index contributed by atoms with van der Waals surface area (Å²) in [4.78, 5) is 11.4. The van der Waals surface area contributed by atoms with Crippen LogP contribution in [0.4, 0.5) is 0 Å². The average molecular weight is 250 g/mol. The van der Waals surface area contributed by atoms with Crippen molar-refractivity contribution in [2.45, 2.75) is 0 Å². The topological polar surface area (TPSA) is 22.0 Å². The third-order valence-corrected chi connectivity index (χ3v) is 2.56. The van der Waals surface area contributed by atoms with Gasteiger partial charge in [-0.2, -0.15) is 0 Å². The van der Waals surface area contributed by atoms with Crippen LogP contribution in [0, 0.1) is 0 Å². The van der Waals surface area contributed by atoms with Crippen molar-refractivity contribution in [2.75, 3.05) is 0 Å². The molecule has 0 aliphatic heterocycles. The maximum Gasteiger partial charge on any atom is 0.254 e. The van der Waals surface area contributed by atoms with E-state index in [1.165, 1.54) is 6.08 Å². The molecule has 0 saturated heterocycles. The summed E-state index contributed by atoms with van der Waals surface area (Å²) in [5.41, 5.74) is 0.901. The summed E-state index contributed by atoms with van der Waals surface area (Å²) < 4.78 is 2.59. The van der Waals surface area contributed by atoms with Gasteiger partial charge in [-0.1, -0.05) is 22.5 Å². The highest BCUT2D eigenvalue weighted by molar-refractivity contribution is 9.10. The van der Waals surface area contributed by atoms with E-state index in [2.05, 4.69) is 22.5 Å². The second kappa shape index (κ2) is 3.42. The van der Waals surface area contributed by atoms with Gasteiger partial charge in [0.2, 0.25) is 0 Å². The van der Waals surface area contributed by atoms with Crippen molar-refractivity contribution in [1.82, 2.24) is 4.57 Å². The predicted octanol–water partition coefficient (Wildman–Crippen LogP) is 3.23. The highest BCUT2D eigenvalue weighted by Crippen LogP contribution is 2.20. The monoisotopic (exact) mass is 249 g/mol. The van der Waals surface area contributed by atoms with Crippen molar-refractivity contribution in [2.24, 2.45) is 0 Å². The molecule has 1 aromatic heterocycles. The number of hydrogen-bond acceptors (Lipinski definition) is 1. The van der Waals surface area contributed by atoms with Crippen molar-refractivity contribution in [3.05, 3.63) is 47.6 Å². The molecule has 2 rings (SSSR count). The molecule has 0 fully saturated rings. The van der Waals surface area contributed by atoms with Crippen LogP contribution in [0.1, 0.15) is 4.79 Å². The Kier molecular flexibility index (Phi) is 2.25. The Hall–Kier alpha value is -1.35. The Labute approximate surface area is 90.0 Å². The number of rotatable bonds is 1. The molecule has 0 radical (unpaired) electrons. The summed E-state index contributed by atoms with van der Waals surface area (Å²) in [5.74, 6) is -0.109. The summed E-state index contributed by atoms with van der Waals surface area (Å²) in [6.45, 7) is 3.46. The molecule has 2 aromatic rings. The van der Waals surface area contributed by atoms with Gasteiger partial charge in [0.25, 0.3) is 5.91 Å². The first kappa shape index (κ1) is 9.21. The standard InChI is InChI=1S/C11H8BrNO/c1-2-11(14)13-6-5-8-7-9(12)3-4-10(8)13/h2-7H,1H2. The minimum atomic E-state index is -0.109. The van der Waals surface area contributed by atoms with Crippen LogP contribution in [0.5, 0.6) is 0 Å². The van der Waals surface area contributed by atoms with Crippen LogP contribution >= 0.6 is 15.9 Å². The third kappa shape index (κ3) is 1.40. The van der Waals surface area contributed by atoms with Gasteiger partial charge in [-0.15, -0.1) is 0 Å². The van der Waals surface area contributed by atoms with Gasteiger partial charge in [0.1, 0.15) is 0 Å². The van der Waals surface area contributed by atoms with Gasteiger partial charge >= 0.3 is 0 Å². The number of allylic oxidation sites excluding steroid dienone is 1. The molecule has 3 heteroatoms. The smallest absolute Gasteiger partial charge is 0.254 e. The average Bonchev–Trinajstić information content (AvgIpc) is 2.59. The molecule has 2 nitrogen and oxygen atoms in total. The number of aromatic nitrogens is 1. The SMILES string of the molecule is C=CC(=O)n1ccc2cc(Br)ccc21. The Morgan fingerprint density at radius 1 is 1.43 bits per heavy atom. The van der Waals surface area contributed by atoms with E-state index in [9.17, 15) is 4.79 Å². The first-order valence-electron chi connectivity index (χ1n) is 4.16. The highest BCUT2D eigenvalue weighted by Gasteiger charge is 2.04. The number of hydrogen-bond donors (Lipinski definition) is 0. The van der Waals surface area contributed by atoms with E-state index in [-0.39, 0.29) is 5.91 Å². The first-order valence-corrected chi connectivity index (χ1v) is 4.95. The van der Waals surface area contributed by atoms with E-state index in [0.29, 0.717) is 0 Å². The zero-order valence-corrected chi connectivity index (χ0v) is 8.99. The molecular weight excluding hydrogens is 242 g/mol. The molecule has 0 saturated carbocycles. The van der Waals surface area contributed by atoms with Crippen LogP contribution < -0.4 is 0 Å². The van der Waals surface area contributed by atoms with E-state index in [0.717, 1.165) is 15.4 Å².